The molecule has 0 unspecified atom stereocenters. The lowest BCUT2D eigenvalue weighted by Gasteiger charge is -2.31. The molecule has 3 aliphatic rings. The average Bonchev–Trinajstić information content (AvgIpc) is 1.58. The monoisotopic (exact) mass is 1280 g/mol. The minimum atomic E-state index is -1.58. The van der Waals surface area contributed by atoms with E-state index in [9.17, 15) is 67.7 Å². The highest BCUT2D eigenvalue weighted by atomic mass is 16.5. The molecule has 4 rings (SSSR count). The van der Waals surface area contributed by atoms with Gasteiger partial charge in [-0.3, -0.25) is 57.6 Å². The lowest BCUT2D eigenvalue weighted by molar-refractivity contribution is -0.157. The van der Waals surface area contributed by atoms with Gasteiger partial charge in [0.2, 0.25) is 41.4 Å². The third kappa shape index (κ3) is 22.4. The maximum atomic E-state index is 14.6. The zero-order chi connectivity index (χ0) is 67.9. The minimum Gasteiger partial charge on any atom is -0.458 e. The Labute approximate surface area is 537 Å². The third-order valence-electron chi connectivity index (χ3n) is 19.3. The number of hydrogen-bond donors (Lipinski definition) is 9. The zero-order valence-corrected chi connectivity index (χ0v) is 55.6. The summed E-state index contributed by atoms with van der Waals surface area (Å²) in [6.45, 7) is 20.5. The predicted octanol–water partition coefficient (Wildman–Crippen LogP) is 2.98. The molecule has 10 N–H and O–H groups in total. The van der Waals surface area contributed by atoms with Crippen molar-refractivity contribution in [2.75, 3.05) is 46.1 Å². The first-order valence-electron chi connectivity index (χ1n) is 33.1. The number of benzene rings is 1. The number of aliphatic hydroxyl groups is 2. The summed E-state index contributed by atoms with van der Waals surface area (Å²) < 4.78 is 11.4. The number of esters is 1. The molecule has 1 spiro atoms. The second-order valence-electron chi connectivity index (χ2n) is 26.0. The number of Topliss-reactive ketones (excluding diaryl/α,β-unsaturated/α-hetero) is 4. The van der Waals surface area contributed by atoms with Crippen molar-refractivity contribution >= 4 is 70.5 Å². The van der Waals surface area contributed by atoms with E-state index in [2.05, 4.69) is 36.8 Å². The number of carbonyl (C=O) groups excluding carboxylic acids is 12. The number of cyclic esters (lactones) is 1. The molecule has 91 heavy (non-hydrogen) atoms. The van der Waals surface area contributed by atoms with E-state index in [4.69, 9.17) is 15.2 Å². The standard InChI is InChI=1S/C67H106N8O16/c1-12-38(6)49(34-51(78)50(22-23-55(68)82)69-62(85)46(36-76)32-53(80)56(39(7)13-2)70-61(84)45(16-5)31-44-20-18-17-19-21-44)64(87)71-57(40(8)14-3)54(81)33-47(37-77)63(86)72-59-43(11)91-65(88)58(41(9)15-4)73-66(89)67(74-60(83)42(10)30-52(59)79)35-48(67)24-25-75-26-28-90-29-27-75/h17-21,38-43,45-50,56-59,76-77H,12-16,22-37H2,1-11H3,(H2,68,82)(H,69,85)(H,70,84)(H,71,87)(H,72,86)(H,73,89)(H,74,83)/t38-,39-,40-,41-,42+,43-,45+,46-,47-,48+,49+,50+,56-,57-,58-,59+,67+/m0/s1. The highest BCUT2D eigenvalue weighted by Crippen LogP contribution is 2.47. The Hall–Kier alpha value is -6.50. The largest absolute Gasteiger partial charge is 0.458 e. The summed E-state index contributed by atoms with van der Waals surface area (Å²) in [5, 5.41) is 37.9. The second kappa shape index (κ2) is 37.3. The number of nitrogens with zero attached hydrogens (tertiary/aromatic N) is 1. The number of ether oxygens (including phenoxy) is 2. The van der Waals surface area contributed by atoms with Crippen molar-refractivity contribution in [3.8, 4) is 0 Å². The van der Waals surface area contributed by atoms with Crippen LogP contribution in [0.1, 0.15) is 165 Å². The summed E-state index contributed by atoms with van der Waals surface area (Å²) in [5.41, 5.74) is 5.12. The number of nitrogens with one attached hydrogen (secondary N) is 6. The van der Waals surface area contributed by atoms with E-state index in [1.807, 2.05) is 51.1 Å². The molecule has 2 aliphatic heterocycles. The van der Waals surface area contributed by atoms with E-state index < -0.39 is 193 Å². The lowest BCUT2D eigenvalue weighted by Crippen LogP contribution is -2.57. The molecular weight excluding hydrogens is 1170 g/mol. The number of primary amides is 1. The van der Waals surface area contributed by atoms with Crippen molar-refractivity contribution in [1.82, 2.24) is 36.8 Å². The first-order chi connectivity index (χ1) is 43.1. The number of hydrogen-bond acceptors (Lipinski definition) is 17. The Bertz CT molecular complexity index is 2650. The molecule has 2 heterocycles. The van der Waals surface area contributed by atoms with Gasteiger partial charge < -0.3 is 57.3 Å². The van der Waals surface area contributed by atoms with Crippen LogP contribution in [0.25, 0.3) is 0 Å². The van der Waals surface area contributed by atoms with Gasteiger partial charge in [-0.25, -0.2) is 4.79 Å². The average molecular weight is 1280 g/mol. The fourth-order valence-corrected chi connectivity index (χ4v) is 11.9. The van der Waals surface area contributed by atoms with Crippen LogP contribution in [0.4, 0.5) is 0 Å². The van der Waals surface area contributed by atoms with Crippen molar-refractivity contribution in [2.24, 2.45) is 64.9 Å². The Morgan fingerprint density at radius 2 is 1.26 bits per heavy atom. The van der Waals surface area contributed by atoms with Gasteiger partial charge in [-0.1, -0.05) is 125 Å². The van der Waals surface area contributed by atoms with Gasteiger partial charge in [-0.2, -0.15) is 0 Å². The van der Waals surface area contributed by atoms with E-state index >= 15 is 0 Å². The molecular formula is C67H106N8O16. The summed E-state index contributed by atoms with van der Waals surface area (Å²) in [4.78, 5) is 170. The Morgan fingerprint density at radius 3 is 1.80 bits per heavy atom. The van der Waals surface area contributed by atoms with Crippen LogP contribution in [0.2, 0.25) is 0 Å². The highest BCUT2D eigenvalue weighted by Gasteiger charge is 2.61. The Morgan fingerprint density at radius 1 is 0.703 bits per heavy atom. The van der Waals surface area contributed by atoms with Crippen molar-refractivity contribution in [2.45, 2.75) is 208 Å². The molecule has 510 valence electrons. The zero-order valence-electron chi connectivity index (χ0n) is 55.6. The van der Waals surface area contributed by atoms with Gasteiger partial charge in [-0.05, 0) is 80.7 Å². The summed E-state index contributed by atoms with van der Waals surface area (Å²) in [6.07, 6.45) is -0.659. The minimum absolute atomic E-state index is 0.259. The number of nitrogens with two attached hydrogens (primary N) is 1. The van der Waals surface area contributed by atoms with Crippen LogP contribution in [0, 0.1) is 59.2 Å². The smallest absolute Gasteiger partial charge is 0.329 e. The van der Waals surface area contributed by atoms with Gasteiger partial charge in [0.15, 0.2) is 23.1 Å². The molecule has 0 aromatic heterocycles. The molecule has 0 bridgehead atoms. The fourth-order valence-electron chi connectivity index (χ4n) is 11.9. The first kappa shape index (κ1) is 77.0. The Kier molecular flexibility index (Phi) is 31.5. The van der Waals surface area contributed by atoms with E-state index in [0.29, 0.717) is 71.1 Å². The summed E-state index contributed by atoms with van der Waals surface area (Å²) in [7, 11) is 0. The number of rotatable bonds is 36. The van der Waals surface area contributed by atoms with Crippen molar-refractivity contribution in [3.63, 3.8) is 0 Å². The quantitative estimate of drug-likeness (QED) is 0.0436. The van der Waals surface area contributed by atoms with E-state index in [1.54, 1.807) is 41.5 Å². The Balaban J connectivity index is 1.51. The first-order valence-corrected chi connectivity index (χ1v) is 33.1. The molecule has 1 saturated carbocycles. The molecule has 7 amide bonds. The topological polar surface area (TPSA) is 365 Å². The van der Waals surface area contributed by atoms with Crippen LogP contribution in [0.5, 0.6) is 0 Å². The molecule has 2 saturated heterocycles. The SMILES string of the molecule is CC[C@H](Cc1ccccc1)C(=O)N[C@H](C(=O)C[C@@H](CO)C(=O)N[C@H](CCC(N)=O)C(=O)C[C@@H](C(=O)N[C@H](C(=O)C[C@@H](CO)C(=O)N[C@H]1C(=O)C[C@@H](C)C(=O)N[C@@]2(C[C@H]2CCN2CCOCC2)C(=O)N[C@@H]([C@@H](C)CC)C(=O)O[C@H]1C)[C@@H](C)CC)[C@@H](C)CC)[C@@H](C)CC. The fraction of sp³-hybridized carbons (Fsp3) is 0.731. The van der Waals surface area contributed by atoms with Gasteiger partial charge >= 0.3 is 5.97 Å². The molecule has 0 radical (unpaired) electrons. The third-order valence-corrected chi connectivity index (χ3v) is 19.3. The van der Waals surface area contributed by atoms with Crippen LogP contribution < -0.4 is 37.6 Å². The van der Waals surface area contributed by atoms with Crippen LogP contribution in [-0.2, 0) is 73.4 Å². The molecule has 24 heteroatoms. The summed E-state index contributed by atoms with van der Waals surface area (Å²) >= 11 is 0. The number of aliphatic hydroxyl groups excluding tert-OH is 2. The molecule has 17 atom stereocenters. The van der Waals surface area contributed by atoms with E-state index in [0.717, 1.165) is 18.7 Å². The number of morpholine rings is 1. The lowest BCUT2D eigenvalue weighted by atomic mass is 9.83. The van der Waals surface area contributed by atoms with E-state index in [1.165, 1.54) is 13.8 Å². The molecule has 3 fully saturated rings. The normalized spacial score (nSPS) is 24.4. The van der Waals surface area contributed by atoms with Crippen LogP contribution in [0.3, 0.4) is 0 Å². The van der Waals surface area contributed by atoms with Gasteiger partial charge in [0, 0.05) is 62.9 Å². The van der Waals surface area contributed by atoms with E-state index in [-0.39, 0.29) is 30.6 Å². The molecule has 1 aliphatic carbocycles. The summed E-state index contributed by atoms with van der Waals surface area (Å²) in [5.74, 6) is -15.9. The van der Waals surface area contributed by atoms with Crippen molar-refractivity contribution in [3.05, 3.63) is 35.9 Å². The highest BCUT2D eigenvalue weighted by molar-refractivity contribution is 6.01. The predicted molar refractivity (Wildman–Crippen MR) is 339 cm³/mol. The maximum absolute atomic E-state index is 14.6. The summed E-state index contributed by atoms with van der Waals surface area (Å²) in [6, 6.07) is 2.97. The van der Waals surface area contributed by atoms with Crippen LogP contribution >= 0.6 is 0 Å². The molecule has 24 nitrogen and oxygen atoms in total. The number of carbonyl (C=O) groups is 12. The van der Waals surface area contributed by atoms with Crippen LogP contribution in [0.15, 0.2) is 30.3 Å². The molecule has 1 aromatic carbocycles. The van der Waals surface area contributed by atoms with Gasteiger partial charge in [0.1, 0.15) is 23.7 Å². The number of amides is 7. The van der Waals surface area contributed by atoms with Gasteiger partial charge in [0.25, 0.3) is 0 Å². The number of ketones is 4. The molecule has 1 aromatic rings. The van der Waals surface area contributed by atoms with Crippen molar-refractivity contribution < 1.29 is 77.2 Å². The van der Waals surface area contributed by atoms with Gasteiger partial charge in [0.05, 0.1) is 56.4 Å². The maximum Gasteiger partial charge on any atom is 0.329 e. The van der Waals surface area contributed by atoms with Crippen molar-refractivity contribution in [1.29, 1.82) is 0 Å². The van der Waals surface area contributed by atoms with Gasteiger partial charge in [-0.15, -0.1) is 0 Å². The second-order valence-corrected chi connectivity index (χ2v) is 26.0. The van der Waals surface area contributed by atoms with Crippen LogP contribution in [-0.4, -0.2) is 173 Å².